The number of carbonyl (C=O) groups excluding carboxylic acids is 2. The normalized spacial score (nSPS) is 14.4. The van der Waals surface area contributed by atoms with Crippen LogP contribution in [0.4, 0.5) is 5.69 Å². The molecule has 0 aliphatic heterocycles. The summed E-state index contributed by atoms with van der Waals surface area (Å²) >= 11 is 19.4. The maximum atomic E-state index is 14.3. The van der Waals surface area contributed by atoms with Crippen molar-refractivity contribution in [1.82, 2.24) is 10.2 Å². The zero-order chi connectivity index (χ0) is 30.4. The highest BCUT2D eigenvalue weighted by Gasteiger charge is 2.35. The van der Waals surface area contributed by atoms with Crippen molar-refractivity contribution in [3.8, 4) is 0 Å². The molecule has 1 saturated carbocycles. The third kappa shape index (κ3) is 7.98. The Labute approximate surface area is 262 Å². The van der Waals surface area contributed by atoms with Crippen molar-refractivity contribution in [3.63, 3.8) is 0 Å². The van der Waals surface area contributed by atoms with Crippen LogP contribution in [-0.2, 0) is 32.6 Å². The lowest BCUT2D eigenvalue weighted by Crippen LogP contribution is -2.54. The molecule has 1 aliphatic carbocycles. The van der Waals surface area contributed by atoms with Gasteiger partial charge in [0.05, 0.1) is 11.9 Å². The van der Waals surface area contributed by atoms with Crippen LogP contribution in [0.25, 0.3) is 0 Å². The molecule has 1 unspecified atom stereocenters. The van der Waals surface area contributed by atoms with Gasteiger partial charge >= 0.3 is 0 Å². The van der Waals surface area contributed by atoms with Crippen molar-refractivity contribution in [2.45, 2.75) is 57.7 Å². The van der Waals surface area contributed by atoms with Gasteiger partial charge in [0.1, 0.15) is 12.6 Å². The number of halogens is 3. The van der Waals surface area contributed by atoms with E-state index < -0.39 is 28.5 Å². The number of anilines is 1. The van der Waals surface area contributed by atoms with E-state index in [-0.39, 0.29) is 30.6 Å². The van der Waals surface area contributed by atoms with E-state index in [1.807, 2.05) is 30.3 Å². The maximum Gasteiger partial charge on any atom is 0.244 e. The van der Waals surface area contributed by atoms with Crippen molar-refractivity contribution in [3.05, 3.63) is 98.5 Å². The Morgan fingerprint density at radius 3 is 2.12 bits per heavy atom. The highest BCUT2D eigenvalue weighted by Crippen LogP contribution is 2.30. The topological polar surface area (TPSA) is 86.8 Å². The Hall–Kier alpha value is -2.78. The number of nitrogens with one attached hydrogen (secondary N) is 1. The Morgan fingerprint density at radius 1 is 0.905 bits per heavy atom. The van der Waals surface area contributed by atoms with Gasteiger partial charge in [-0.2, -0.15) is 0 Å². The van der Waals surface area contributed by atoms with Crippen LogP contribution >= 0.6 is 34.8 Å². The lowest BCUT2D eigenvalue weighted by atomic mass is 10.0. The van der Waals surface area contributed by atoms with E-state index in [9.17, 15) is 18.0 Å². The zero-order valence-electron chi connectivity index (χ0n) is 23.5. The maximum absolute atomic E-state index is 14.3. The van der Waals surface area contributed by atoms with Crippen LogP contribution in [0, 0.1) is 6.92 Å². The number of nitrogens with zero attached hydrogens (tertiary/aromatic N) is 2. The summed E-state index contributed by atoms with van der Waals surface area (Å²) in [5.74, 6) is -0.898. The molecular formula is C31H34Cl3N3O4S. The predicted molar refractivity (Wildman–Crippen MR) is 170 cm³/mol. The minimum absolute atomic E-state index is 0.0123. The summed E-state index contributed by atoms with van der Waals surface area (Å²) in [5.41, 5.74) is 2.10. The van der Waals surface area contributed by atoms with E-state index in [4.69, 9.17) is 34.8 Å². The van der Waals surface area contributed by atoms with Crippen molar-refractivity contribution in [2.75, 3.05) is 17.1 Å². The van der Waals surface area contributed by atoms with E-state index in [1.165, 1.54) is 4.90 Å². The molecule has 42 heavy (non-hydrogen) atoms. The number of rotatable bonds is 11. The van der Waals surface area contributed by atoms with E-state index in [2.05, 4.69) is 5.32 Å². The Kier molecular flexibility index (Phi) is 10.8. The Balaban J connectivity index is 1.78. The molecule has 7 nitrogen and oxygen atoms in total. The second-order valence-corrected chi connectivity index (χ2v) is 13.7. The van der Waals surface area contributed by atoms with Gasteiger partial charge in [0, 0.05) is 39.6 Å². The highest BCUT2D eigenvalue weighted by atomic mass is 35.5. The van der Waals surface area contributed by atoms with E-state index in [0.29, 0.717) is 26.2 Å². The third-order valence-electron chi connectivity index (χ3n) is 7.55. The highest BCUT2D eigenvalue weighted by molar-refractivity contribution is 7.92. The number of hydrogen-bond acceptors (Lipinski definition) is 4. The SMILES string of the molecule is Cc1c(Cl)cccc1N(CC(=O)N(Cc1c(Cl)cccc1Cl)C(Cc1ccccc1)C(=O)NC1CCCC1)S(C)(=O)=O. The lowest BCUT2D eigenvalue weighted by molar-refractivity contribution is -0.140. The van der Waals surface area contributed by atoms with Gasteiger partial charge in [-0.05, 0) is 55.2 Å². The van der Waals surface area contributed by atoms with E-state index in [1.54, 1.807) is 43.3 Å². The van der Waals surface area contributed by atoms with Crippen molar-refractivity contribution in [2.24, 2.45) is 0 Å². The van der Waals surface area contributed by atoms with Crippen molar-refractivity contribution in [1.29, 1.82) is 0 Å². The standard InChI is InChI=1S/C31H34Cl3N3O4S/c1-21-25(32)14-9-17-28(21)37(42(2,40)41)20-30(38)36(19-24-26(33)15-8-16-27(24)34)29(18-22-10-4-3-5-11-22)31(39)35-23-12-6-7-13-23/h3-5,8-11,14-17,23,29H,6-7,12-13,18-20H2,1-2H3,(H,35,39). The Morgan fingerprint density at radius 2 is 1.50 bits per heavy atom. The first-order valence-electron chi connectivity index (χ1n) is 13.7. The Bertz CT molecular complexity index is 1510. The summed E-state index contributed by atoms with van der Waals surface area (Å²) in [6.07, 6.45) is 5.02. The first-order valence-corrected chi connectivity index (χ1v) is 16.7. The molecular weight excluding hydrogens is 617 g/mol. The fraction of sp³-hybridized carbons (Fsp3) is 0.355. The molecule has 0 heterocycles. The first kappa shape index (κ1) is 32.1. The number of benzene rings is 3. The van der Waals surface area contributed by atoms with Crippen LogP contribution < -0.4 is 9.62 Å². The first-order chi connectivity index (χ1) is 20.0. The second kappa shape index (κ2) is 14.1. The molecule has 1 N–H and O–H groups in total. The molecule has 2 amide bonds. The van der Waals surface area contributed by atoms with Gasteiger partial charge in [-0.15, -0.1) is 0 Å². The summed E-state index contributed by atoms with van der Waals surface area (Å²) < 4.78 is 27.1. The van der Waals surface area contributed by atoms with Gasteiger partial charge in [0.15, 0.2) is 0 Å². The molecule has 1 aliphatic rings. The molecule has 0 radical (unpaired) electrons. The van der Waals surface area contributed by atoms with E-state index in [0.717, 1.165) is 41.8 Å². The minimum atomic E-state index is -3.92. The van der Waals surface area contributed by atoms with Gasteiger partial charge in [0.25, 0.3) is 0 Å². The van der Waals surface area contributed by atoms with Crippen LogP contribution in [0.1, 0.15) is 42.4 Å². The van der Waals surface area contributed by atoms with Crippen LogP contribution in [0.3, 0.4) is 0 Å². The molecule has 0 spiro atoms. The number of sulfonamides is 1. The molecule has 0 aromatic heterocycles. The number of hydrogen-bond donors (Lipinski definition) is 1. The van der Waals surface area contributed by atoms with Crippen LogP contribution in [0.15, 0.2) is 66.7 Å². The molecule has 3 aromatic rings. The molecule has 4 rings (SSSR count). The fourth-order valence-electron chi connectivity index (χ4n) is 5.24. The molecule has 224 valence electrons. The summed E-state index contributed by atoms with van der Waals surface area (Å²) in [6, 6.07) is 18.3. The summed E-state index contributed by atoms with van der Waals surface area (Å²) in [5, 5.41) is 4.17. The van der Waals surface area contributed by atoms with Crippen LogP contribution in [-0.4, -0.2) is 50.0 Å². The minimum Gasteiger partial charge on any atom is -0.352 e. The van der Waals surface area contributed by atoms with Gasteiger partial charge in [0.2, 0.25) is 21.8 Å². The quantitative estimate of drug-likeness (QED) is 0.260. The summed E-state index contributed by atoms with van der Waals surface area (Å²) in [6.45, 7) is 1.04. The lowest BCUT2D eigenvalue weighted by Gasteiger charge is -2.34. The molecule has 3 aromatic carbocycles. The van der Waals surface area contributed by atoms with E-state index >= 15 is 0 Å². The molecule has 0 saturated heterocycles. The van der Waals surface area contributed by atoms with Crippen molar-refractivity contribution < 1.29 is 18.0 Å². The van der Waals surface area contributed by atoms with Crippen molar-refractivity contribution >= 4 is 62.3 Å². The molecule has 1 fully saturated rings. The number of carbonyl (C=O) groups is 2. The summed E-state index contributed by atoms with van der Waals surface area (Å²) in [7, 11) is -3.92. The van der Waals surface area contributed by atoms with Gasteiger partial charge in [-0.3, -0.25) is 13.9 Å². The third-order valence-corrected chi connectivity index (χ3v) is 9.79. The summed E-state index contributed by atoms with van der Waals surface area (Å²) in [4.78, 5) is 29.6. The largest absolute Gasteiger partial charge is 0.352 e. The zero-order valence-corrected chi connectivity index (χ0v) is 26.6. The van der Waals surface area contributed by atoms with Gasteiger partial charge in [-0.1, -0.05) is 90.1 Å². The van der Waals surface area contributed by atoms with Gasteiger partial charge < -0.3 is 10.2 Å². The smallest absolute Gasteiger partial charge is 0.244 e. The van der Waals surface area contributed by atoms with Gasteiger partial charge in [-0.25, -0.2) is 8.42 Å². The van der Waals surface area contributed by atoms with Crippen LogP contribution in [0.5, 0.6) is 0 Å². The average molecular weight is 651 g/mol. The molecule has 1 atom stereocenters. The fourth-order valence-corrected chi connectivity index (χ4v) is 6.82. The monoisotopic (exact) mass is 649 g/mol. The predicted octanol–water partition coefficient (Wildman–Crippen LogP) is 6.42. The van der Waals surface area contributed by atoms with Crippen LogP contribution in [0.2, 0.25) is 15.1 Å². The molecule has 0 bridgehead atoms. The molecule has 11 heteroatoms. The second-order valence-electron chi connectivity index (χ2n) is 10.6. The average Bonchev–Trinajstić information content (AvgIpc) is 3.45. The number of amides is 2.